The van der Waals surface area contributed by atoms with Crippen molar-refractivity contribution in [3.63, 3.8) is 0 Å². The number of pyridine rings is 1. The van der Waals surface area contributed by atoms with Crippen molar-refractivity contribution in [2.75, 3.05) is 19.7 Å². The van der Waals surface area contributed by atoms with Gasteiger partial charge in [-0.25, -0.2) is 4.68 Å². The summed E-state index contributed by atoms with van der Waals surface area (Å²) in [5.74, 6) is -0.514. The fourth-order valence-corrected chi connectivity index (χ4v) is 3.91. The molecule has 2 aromatic heterocycles. The molecule has 1 aliphatic heterocycles. The summed E-state index contributed by atoms with van der Waals surface area (Å²) in [6, 6.07) is 11.7. The summed E-state index contributed by atoms with van der Waals surface area (Å²) in [6.45, 7) is 4.80. The van der Waals surface area contributed by atoms with E-state index in [9.17, 15) is 9.59 Å². The molecule has 33 heavy (non-hydrogen) atoms. The molecule has 2 amide bonds. The minimum atomic E-state index is -1.28. The number of rotatable bonds is 7. The second kappa shape index (κ2) is 9.50. The van der Waals surface area contributed by atoms with Gasteiger partial charge in [0.05, 0.1) is 18.8 Å². The van der Waals surface area contributed by atoms with Gasteiger partial charge in [0.15, 0.2) is 5.60 Å². The Morgan fingerprint density at radius 1 is 1.18 bits per heavy atom. The third kappa shape index (κ3) is 5.09. The zero-order valence-electron chi connectivity index (χ0n) is 18.8. The molecule has 0 aliphatic carbocycles. The number of amides is 2. The van der Waals surface area contributed by atoms with Gasteiger partial charge in [-0.15, -0.1) is 5.10 Å². The van der Waals surface area contributed by atoms with Crippen LogP contribution in [0.4, 0.5) is 0 Å². The van der Waals surface area contributed by atoms with Crippen molar-refractivity contribution in [1.82, 2.24) is 24.9 Å². The SMILES string of the molecule is CC(C)c1cn(CC(=O)N2CCO[C@](Cc3ccc(-c4cccnc4)cc3)(C(N)=O)C2)nn1. The summed E-state index contributed by atoms with van der Waals surface area (Å²) in [5, 5.41) is 8.13. The molecule has 1 fully saturated rings. The number of morpholine rings is 1. The molecule has 172 valence electrons. The largest absolute Gasteiger partial charge is 0.367 e. The average molecular weight is 449 g/mol. The third-order valence-corrected chi connectivity index (χ3v) is 5.87. The molecule has 3 heterocycles. The second-order valence-electron chi connectivity index (χ2n) is 8.63. The first-order valence-electron chi connectivity index (χ1n) is 11.0. The van der Waals surface area contributed by atoms with Gasteiger partial charge in [0, 0.05) is 31.6 Å². The fraction of sp³-hybridized carbons (Fsp3) is 0.375. The van der Waals surface area contributed by atoms with E-state index in [0.29, 0.717) is 6.54 Å². The highest BCUT2D eigenvalue weighted by molar-refractivity contribution is 5.86. The van der Waals surface area contributed by atoms with Crippen LogP contribution < -0.4 is 5.73 Å². The number of benzene rings is 1. The topological polar surface area (TPSA) is 116 Å². The minimum absolute atomic E-state index is 0.0500. The Labute approximate surface area is 192 Å². The molecule has 1 atom stereocenters. The number of primary amides is 1. The van der Waals surface area contributed by atoms with Crippen LogP contribution in [0, 0.1) is 0 Å². The minimum Gasteiger partial charge on any atom is -0.367 e. The monoisotopic (exact) mass is 448 g/mol. The van der Waals surface area contributed by atoms with Gasteiger partial charge < -0.3 is 15.4 Å². The Kier molecular flexibility index (Phi) is 6.50. The zero-order chi connectivity index (χ0) is 23.4. The van der Waals surface area contributed by atoms with Crippen LogP contribution in [0.3, 0.4) is 0 Å². The molecule has 9 heteroatoms. The molecule has 9 nitrogen and oxygen atoms in total. The molecule has 0 saturated carbocycles. The molecule has 1 saturated heterocycles. The van der Waals surface area contributed by atoms with E-state index < -0.39 is 11.5 Å². The van der Waals surface area contributed by atoms with E-state index in [0.717, 1.165) is 22.4 Å². The number of nitrogens with two attached hydrogens (primary N) is 1. The third-order valence-electron chi connectivity index (χ3n) is 5.87. The van der Waals surface area contributed by atoms with Crippen LogP contribution in [-0.2, 0) is 27.3 Å². The number of carbonyl (C=O) groups is 2. The molecule has 2 N–H and O–H groups in total. The fourth-order valence-electron chi connectivity index (χ4n) is 3.91. The molecule has 0 spiro atoms. The Bertz CT molecular complexity index is 1110. The highest BCUT2D eigenvalue weighted by Gasteiger charge is 2.43. The lowest BCUT2D eigenvalue weighted by molar-refractivity contribution is -0.163. The first-order chi connectivity index (χ1) is 15.9. The van der Waals surface area contributed by atoms with Gasteiger partial charge in [0.25, 0.3) is 5.91 Å². The van der Waals surface area contributed by atoms with Crippen LogP contribution in [0.2, 0.25) is 0 Å². The summed E-state index contributed by atoms with van der Waals surface area (Å²) in [6.07, 6.45) is 5.58. The van der Waals surface area contributed by atoms with Crippen LogP contribution in [0.1, 0.15) is 31.0 Å². The molecule has 0 radical (unpaired) electrons. The second-order valence-corrected chi connectivity index (χ2v) is 8.63. The van der Waals surface area contributed by atoms with Crippen molar-refractivity contribution in [2.45, 2.75) is 38.3 Å². The Morgan fingerprint density at radius 2 is 1.97 bits per heavy atom. The van der Waals surface area contributed by atoms with Crippen molar-refractivity contribution in [3.8, 4) is 11.1 Å². The average Bonchev–Trinajstić information content (AvgIpc) is 3.29. The van der Waals surface area contributed by atoms with Crippen LogP contribution in [0.15, 0.2) is 55.0 Å². The maximum absolute atomic E-state index is 12.9. The molecule has 4 rings (SSSR count). The van der Waals surface area contributed by atoms with E-state index in [-0.39, 0.29) is 37.9 Å². The van der Waals surface area contributed by atoms with Crippen molar-refractivity contribution in [2.24, 2.45) is 5.73 Å². The highest BCUT2D eigenvalue weighted by atomic mass is 16.5. The molecular weight excluding hydrogens is 420 g/mol. The van der Waals surface area contributed by atoms with E-state index in [1.807, 2.05) is 50.2 Å². The van der Waals surface area contributed by atoms with E-state index in [2.05, 4.69) is 15.3 Å². The zero-order valence-corrected chi connectivity index (χ0v) is 18.8. The maximum atomic E-state index is 12.9. The molecule has 0 unspecified atom stereocenters. The van der Waals surface area contributed by atoms with Gasteiger partial charge in [0.1, 0.15) is 6.54 Å². The predicted octanol–water partition coefficient (Wildman–Crippen LogP) is 1.79. The summed E-state index contributed by atoms with van der Waals surface area (Å²) in [7, 11) is 0. The van der Waals surface area contributed by atoms with Crippen LogP contribution >= 0.6 is 0 Å². The number of hydrogen-bond acceptors (Lipinski definition) is 6. The van der Waals surface area contributed by atoms with Gasteiger partial charge in [-0.2, -0.15) is 0 Å². The van der Waals surface area contributed by atoms with Crippen molar-refractivity contribution < 1.29 is 14.3 Å². The molecule has 0 bridgehead atoms. The number of nitrogens with zero attached hydrogens (tertiary/aromatic N) is 5. The molecular formula is C24H28N6O3. The highest BCUT2D eigenvalue weighted by Crippen LogP contribution is 2.26. The lowest BCUT2D eigenvalue weighted by atomic mass is 9.90. The number of aromatic nitrogens is 4. The van der Waals surface area contributed by atoms with Crippen molar-refractivity contribution in [3.05, 3.63) is 66.2 Å². The molecule has 1 aromatic carbocycles. The van der Waals surface area contributed by atoms with Gasteiger partial charge in [-0.05, 0) is 28.7 Å². The molecule has 3 aromatic rings. The number of carbonyl (C=O) groups excluding carboxylic acids is 2. The summed E-state index contributed by atoms with van der Waals surface area (Å²) >= 11 is 0. The van der Waals surface area contributed by atoms with Gasteiger partial charge in [-0.3, -0.25) is 14.6 Å². The van der Waals surface area contributed by atoms with Gasteiger partial charge in [0.2, 0.25) is 5.91 Å². The summed E-state index contributed by atoms with van der Waals surface area (Å²) < 4.78 is 7.42. The van der Waals surface area contributed by atoms with Crippen LogP contribution in [0.5, 0.6) is 0 Å². The lowest BCUT2D eigenvalue weighted by Crippen LogP contribution is -2.61. The van der Waals surface area contributed by atoms with E-state index >= 15 is 0 Å². The lowest BCUT2D eigenvalue weighted by Gasteiger charge is -2.40. The summed E-state index contributed by atoms with van der Waals surface area (Å²) in [5.41, 5.74) is 8.25. The van der Waals surface area contributed by atoms with Crippen LogP contribution in [0.25, 0.3) is 11.1 Å². The predicted molar refractivity (Wildman–Crippen MR) is 122 cm³/mol. The van der Waals surface area contributed by atoms with E-state index in [4.69, 9.17) is 10.5 Å². The smallest absolute Gasteiger partial charge is 0.251 e. The van der Waals surface area contributed by atoms with Crippen LogP contribution in [-0.4, -0.2) is 62.0 Å². The first kappa shape index (κ1) is 22.6. The van der Waals surface area contributed by atoms with Crippen molar-refractivity contribution >= 4 is 11.8 Å². The quantitative estimate of drug-likeness (QED) is 0.589. The Hall–Kier alpha value is -3.59. The van der Waals surface area contributed by atoms with Gasteiger partial charge >= 0.3 is 0 Å². The maximum Gasteiger partial charge on any atom is 0.251 e. The summed E-state index contributed by atoms with van der Waals surface area (Å²) in [4.78, 5) is 31.2. The van der Waals surface area contributed by atoms with Crippen molar-refractivity contribution in [1.29, 1.82) is 0 Å². The van der Waals surface area contributed by atoms with E-state index in [1.165, 1.54) is 4.68 Å². The standard InChI is InChI=1S/C24H28N6O3/c1-17(2)21-14-30(28-27-21)15-22(31)29-10-11-33-24(16-29,23(25)32)12-18-5-7-19(8-6-18)20-4-3-9-26-13-20/h3-9,13-14,17H,10-12,15-16H2,1-2H3,(H2,25,32)/t24-/m0/s1. The number of ether oxygens (including phenoxy) is 1. The van der Waals surface area contributed by atoms with E-state index in [1.54, 1.807) is 23.5 Å². The first-order valence-corrected chi connectivity index (χ1v) is 11.0. The Morgan fingerprint density at radius 3 is 2.61 bits per heavy atom. The molecule has 1 aliphatic rings. The Balaban J connectivity index is 1.47. The normalized spacial score (nSPS) is 18.5. The van der Waals surface area contributed by atoms with Gasteiger partial charge in [-0.1, -0.05) is 49.4 Å². The number of hydrogen-bond donors (Lipinski definition) is 1.